The number of carbonyl (C=O) groups is 1. The maximum Gasteiger partial charge on any atom is 0.254 e. The van der Waals surface area contributed by atoms with E-state index in [0.29, 0.717) is 12.0 Å². The number of carbonyl (C=O) groups excluding carboxylic acids is 1. The van der Waals surface area contributed by atoms with Gasteiger partial charge in [-0.25, -0.2) is 0 Å². The number of alkyl halides is 1. The second kappa shape index (κ2) is 5.87. The third-order valence-corrected chi connectivity index (χ3v) is 4.59. The van der Waals surface area contributed by atoms with Crippen molar-refractivity contribution in [1.29, 1.82) is 0 Å². The lowest BCUT2D eigenvalue weighted by atomic mass is 10.0. The SMILES string of the molecule is CCc1ccccc1C(=O)N1CCC(C)C1CBr. The fraction of sp³-hybridized carbons (Fsp3) is 0.533. The first-order valence-electron chi connectivity index (χ1n) is 6.63. The highest BCUT2D eigenvalue weighted by Crippen LogP contribution is 2.27. The van der Waals surface area contributed by atoms with Crippen molar-refractivity contribution in [3.8, 4) is 0 Å². The molecule has 2 atom stereocenters. The van der Waals surface area contributed by atoms with Gasteiger partial charge in [-0.05, 0) is 30.4 Å². The number of rotatable bonds is 3. The van der Waals surface area contributed by atoms with Crippen LogP contribution >= 0.6 is 15.9 Å². The van der Waals surface area contributed by atoms with Crippen LogP contribution in [0.25, 0.3) is 0 Å². The number of aryl methyl sites for hydroxylation is 1. The van der Waals surface area contributed by atoms with Gasteiger partial charge in [0, 0.05) is 23.5 Å². The molecule has 0 spiro atoms. The normalized spacial score (nSPS) is 23.4. The molecule has 1 aromatic rings. The minimum Gasteiger partial charge on any atom is -0.335 e. The Kier molecular flexibility index (Phi) is 4.44. The van der Waals surface area contributed by atoms with Gasteiger partial charge < -0.3 is 4.90 Å². The van der Waals surface area contributed by atoms with Gasteiger partial charge in [0.2, 0.25) is 0 Å². The van der Waals surface area contributed by atoms with Crippen molar-refractivity contribution < 1.29 is 4.79 Å². The van der Waals surface area contributed by atoms with Crippen molar-refractivity contribution in [2.45, 2.75) is 32.7 Å². The quantitative estimate of drug-likeness (QED) is 0.783. The van der Waals surface area contributed by atoms with E-state index in [1.165, 1.54) is 0 Å². The number of hydrogen-bond donors (Lipinski definition) is 0. The van der Waals surface area contributed by atoms with E-state index in [2.05, 4.69) is 35.8 Å². The molecule has 18 heavy (non-hydrogen) atoms. The summed E-state index contributed by atoms with van der Waals surface area (Å²) in [7, 11) is 0. The third-order valence-electron chi connectivity index (χ3n) is 3.93. The monoisotopic (exact) mass is 309 g/mol. The number of halogens is 1. The molecule has 0 aromatic heterocycles. The Bertz CT molecular complexity index is 432. The van der Waals surface area contributed by atoms with Gasteiger partial charge >= 0.3 is 0 Å². The standard InChI is InChI=1S/C15H20BrNO/c1-3-12-6-4-5-7-13(12)15(18)17-9-8-11(2)14(17)10-16/h4-7,11,14H,3,8-10H2,1-2H3. The second-order valence-electron chi connectivity index (χ2n) is 5.00. The predicted molar refractivity (Wildman–Crippen MR) is 78.2 cm³/mol. The number of benzene rings is 1. The van der Waals surface area contributed by atoms with Crippen molar-refractivity contribution in [3.05, 3.63) is 35.4 Å². The van der Waals surface area contributed by atoms with Crippen LogP contribution in [0, 0.1) is 5.92 Å². The molecule has 98 valence electrons. The van der Waals surface area contributed by atoms with Crippen LogP contribution in [0.2, 0.25) is 0 Å². The van der Waals surface area contributed by atoms with Crippen molar-refractivity contribution in [1.82, 2.24) is 4.90 Å². The molecule has 3 heteroatoms. The Morgan fingerprint density at radius 3 is 2.83 bits per heavy atom. The molecule has 1 heterocycles. The van der Waals surface area contributed by atoms with E-state index >= 15 is 0 Å². The highest BCUT2D eigenvalue weighted by molar-refractivity contribution is 9.09. The zero-order chi connectivity index (χ0) is 13.1. The minimum absolute atomic E-state index is 0.196. The molecule has 1 aliphatic rings. The van der Waals surface area contributed by atoms with Gasteiger partial charge in [0.1, 0.15) is 0 Å². The Morgan fingerprint density at radius 2 is 2.17 bits per heavy atom. The van der Waals surface area contributed by atoms with Gasteiger partial charge in [-0.3, -0.25) is 4.79 Å². The summed E-state index contributed by atoms with van der Waals surface area (Å²) in [5, 5.41) is 0.869. The Morgan fingerprint density at radius 1 is 1.44 bits per heavy atom. The molecule has 2 unspecified atom stereocenters. The van der Waals surface area contributed by atoms with Crippen LogP contribution in [-0.4, -0.2) is 28.7 Å². The van der Waals surface area contributed by atoms with Gasteiger partial charge in [-0.1, -0.05) is 48.0 Å². The largest absolute Gasteiger partial charge is 0.335 e. The van der Waals surface area contributed by atoms with Gasteiger partial charge in [-0.15, -0.1) is 0 Å². The molecule has 1 amide bonds. The first-order valence-corrected chi connectivity index (χ1v) is 7.76. The molecular formula is C15H20BrNO. The molecule has 1 fully saturated rings. The number of nitrogens with zero attached hydrogens (tertiary/aromatic N) is 1. The molecule has 0 radical (unpaired) electrons. The van der Waals surface area contributed by atoms with Gasteiger partial charge in [0.25, 0.3) is 5.91 Å². The molecule has 0 bridgehead atoms. The average molecular weight is 310 g/mol. The first-order chi connectivity index (χ1) is 8.69. The highest BCUT2D eigenvalue weighted by atomic mass is 79.9. The molecule has 1 saturated heterocycles. The van der Waals surface area contributed by atoms with E-state index in [9.17, 15) is 4.79 Å². The average Bonchev–Trinajstić information content (AvgIpc) is 2.78. The molecule has 1 aliphatic heterocycles. The van der Waals surface area contributed by atoms with Crippen LogP contribution in [0.4, 0.5) is 0 Å². The summed E-state index contributed by atoms with van der Waals surface area (Å²) in [6, 6.07) is 8.30. The molecule has 0 aliphatic carbocycles. The lowest BCUT2D eigenvalue weighted by molar-refractivity contribution is 0.0737. The molecule has 0 N–H and O–H groups in total. The van der Waals surface area contributed by atoms with Crippen LogP contribution in [0.3, 0.4) is 0 Å². The Labute approximate surface area is 117 Å². The summed E-state index contributed by atoms with van der Waals surface area (Å²) in [5.41, 5.74) is 2.02. The summed E-state index contributed by atoms with van der Waals surface area (Å²) < 4.78 is 0. The smallest absolute Gasteiger partial charge is 0.254 e. The van der Waals surface area contributed by atoms with Gasteiger partial charge in [0.05, 0.1) is 0 Å². The van der Waals surface area contributed by atoms with E-state index in [1.54, 1.807) is 0 Å². The van der Waals surface area contributed by atoms with E-state index in [-0.39, 0.29) is 5.91 Å². The lowest BCUT2D eigenvalue weighted by Crippen LogP contribution is -2.38. The lowest BCUT2D eigenvalue weighted by Gasteiger charge is -2.26. The van der Waals surface area contributed by atoms with E-state index in [0.717, 1.165) is 35.8 Å². The van der Waals surface area contributed by atoms with Crippen LogP contribution < -0.4 is 0 Å². The van der Waals surface area contributed by atoms with E-state index in [1.807, 2.05) is 23.1 Å². The number of hydrogen-bond acceptors (Lipinski definition) is 1. The van der Waals surface area contributed by atoms with Crippen LogP contribution in [-0.2, 0) is 6.42 Å². The summed E-state index contributed by atoms with van der Waals surface area (Å²) in [4.78, 5) is 14.7. The Hall–Kier alpha value is -0.830. The predicted octanol–water partition coefficient (Wildman–Crippen LogP) is 3.49. The fourth-order valence-corrected chi connectivity index (χ4v) is 3.68. The summed E-state index contributed by atoms with van der Waals surface area (Å²) in [6.07, 6.45) is 2.01. The number of likely N-dealkylation sites (tertiary alicyclic amines) is 1. The Balaban J connectivity index is 2.26. The van der Waals surface area contributed by atoms with Crippen molar-refractivity contribution in [3.63, 3.8) is 0 Å². The van der Waals surface area contributed by atoms with Crippen LogP contribution in [0.5, 0.6) is 0 Å². The third kappa shape index (κ3) is 2.46. The number of amides is 1. The molecule has 2 rings (SSSR count). The summed E-state index contributed by atoms with van der Waals surface area (Å²) >= 11 is 3.54. The first kappa shape index (κ1) is 13.6. The topological polar surface area (TPSA) is 20.3 Å². The maximum absolute atomic E-state index is 12.6. The van der Waals surface area contributed by atoms with Crippen LogP contribution in [0.15, 0.2) is 24.3 Å². The van der Waals surface area contributed by atoms with Crippen molar-refractivity contribution in [2.75, 3.05) is 11.9 Å². The highest BCUT2D eigenvalue weighted by Gasteiger charge is 2.34. The summed E-state index contributed by atoms with van der Waals surface area (Å²) in [6.45, 7) is 5.21. The van der Waals surface area contributed by atoms with Crippen molar-refractivity contribution >= 4 is 21.8 Å². The zero-order valence-corrected chi connectivity index (χ0v) is 12.6. The zero-order valence-electron chi connectivity index (χ0n) is 11.0. The van der Waals surface area contributed by atoms with Gasteiger partial charge in [0.15, 0.2) is 0 Å². The molecule has 0 saturated carbocycles. The summed E-state index contributed by atoms with van der Waals surface area (Å²) in [5.74, 6) is 0.781. The molecule has 1 aromatic carbocycles. The maximum atomic E-state index is 12.6. The minimum atomic E-state index is 0.196. The van der Waals surface area contributed by atoms with Gasteiger partial charge in [-0.2, -0.15) is 0 Å². The van der Waals surface area contributed by atoms with Crippen LogP contribution in [0.1, 0.15) is 36.2 Å². The molecule has 2 nitrogen and oxygen atoms in total. The van der Waals surface area contributed by atoms with E-state index in [4.69, 9.17) is 0 Å². The van der Waals surface area contributed by atoms with E-state index < -0.39 is 0 Å². The van der Waals surface area contributed by atoms with Crippen molar-refractivity contribution in [2.24, 2.45) is 5.92 Å². The fourth-order valence-electron chi connectivity index (χ4n) is 2.69. The second-order valence-corrected chi connectivity index (χ2v) is 5.64. The molecular weight excluding hydrogens is 290 g/mol.